The van der Waals surface area contributed by atoms with Crippen molar-refractivity contribution in [3.8, 4) is 0 Å². The number of rotatable bonds is 7. The van der Waals surface area contributed by atoms with Crippen molar-refractivity contribution >= 4 is 23.1 Å². The fourth-order valence-corrected chi connectivity index (χ4v) is 6.43. The third-order valence-corrected chi connectivity index (χ3v) is 7.56. The predicted octanol–water partition coefficient (Wildman–Crippen LogP) is 3.31. The molecular formula is C24H29N5O4. The largest absolute Gasteiger partial charge is 0.390 e. The van der Waals surface area contributed by atoms with Gasteiger partial charge in [0.15, 0.2) is 0 Å². The van der Waals surface area contributed by atoms with Crippen LogP contribution in [0.5, 0.6) is 0 Å². The van der Waals surface area contributed by atoms with Gasteiger partial charge in [0.2, 0.25) is 5.82 Å². The number of hydrogen-bond donors (Lipinski definition) is 4. The number of benzene rings is 1. The Morgan fingerprint density at radius 2 is 1.91 bits per heavy atom. The normalized spacial score (nSPS) is 29.5. The molecule has 2 aromatic rings. The second-order valence-corrected chi connectivity index (χ2v) is 9.78. The molecule has 4 aliphatic carbocycles. The van der Waals surface area contributed by atoms with E-state index in [9.17, 15) is 20.0 Å². The second kappa shape index (κ2) is 8.30. The lowest BCUT2D eigenvalue weighted by molar-refractivity contribution is -0.383. The van der Waals surface area contributed by atoms with Gasteiger partial charge in [0.25, 0.3) is 5.91 Å². The Morgan fingerprint density at radius 3 is 2.52 bits per heavy atom. The average Bonchev–Trinajstić information content (AvgIpc) is 2.78. The summed E-state index contributed by atoms with van der Waals surface area (Å²) in [6.07, 6.45) is 5.66. The van der Waals surface area contributed by atoms with Gasteiger partial charge in [-0.05, 0) is 55.4 Å². The van der Waals surface area contributed by atoms with Crippen LogP contribution in [0.15, 0.2) is 36.5 Å². The summed E-state index contributed by atoms with van der Waals surface area (Å²) in [6.45, 7) is 0.372. The Balaban J connectivity index is 1.50. The van der Waals surface area contributed by atoms with Gasteiger partial charge in [0.05, 0.1) is 16.1 Å². The SMILES string of the molecule is CNC(=O)c1cnc(NCc2ccccc2)c([N+](=O)[O-])c1N[C@H]1[C@@H]2CC3C[C@H]1C[C@@](O)(C3)C2. The lowest BCUT2D eigenvalue weighted by atomic mass is 9.52. The van der Waals surface area contributed by atoms with E-state index in [2.05, 4.69) is 20.9 Å². The molecule has 4 aliphatic rings. The van der Waals surface area contributed by atoms with Crippen LogP contribution in [0.1, 0.15) is 48.0 Å². The molecule has 0 aliphatic heterocycles. The van der Waals surface area contributed by atoms with Crippen LogP contribution in [0.25, 0.3) is 0 Å². The topological polar surface area (TPSA) is 129 Å². The molecule has 1 heterocycles. The van der Waals surface area contributed by atoms with Gasteiger partial charge in [0.1, 0.15) is 5.69 Å². The first-order chi connectivity index (χ1) is 15.9. The number of amides is 1. The van der Waals surface area contributed by atoms with Gasteiger partial charge in [-0.2, -0.15) is 0 Å². The summed E-state index contributed by atoms with van der Waals surface area (Å²) in [5.74, 6) is 0.672. The molecule has 9 heteroatoms. The first-order valence-corrected chi connectivity index (χ1v) is 11.5. The lowest BCUT2D eigenvalue weighted by Crippen LogP contribution is -2.59. The van der Waals surface area contributed by atoms with Crippen LogP contribution in [0.4, 0.5) is 17.2 Å². The van der Waals surface area contributed by atoms with Crippen molar-refractivity contribution in [3.05, 3.63) is 57.8 Å². The van der Waals surface area contributed by atoms with Gasteiger partial charge >= 0.3 is 5.69 Å². The van der Waals surface area contributed by atoms with E-state index in [4.69, 9.17) is 0 Å². The quantitative estimate of drug-likeness (QED) is 0.375. The zero-order chi connectivity index (χ0) is 23.2. The molecule has 0 spiro atoms. The molecule has 1 unspecified atom stereocenters. The highest BCUT2D eigenvalue weighted by Gasteiger charge is 2.55. The molecule has 9 nitrogen and oxygen atoms in total. The summed E-state index contributed by atoms with van der Waals surface area (Å²) in [6, 6.07) is 9.55. The molecule has 0 radical (unpaired) electrons. The van der Waals surface area contributed by atoms with E-state index in [0.29, 0.717) is 25.3 Å². The third-order valence-electron chi connectivity index (χ3n) is 7.56. The number of pyridine rings is 1. The number of carbonyl (C=O) groups is 1. The molecule has 4 bridgehead atoms. The molecule has 33 heavy (non-hydrogen) atoms. The number of anilines is 2. The first kappa shape index (κ1) is 21.6. The number of nitrogens with zero attached hydrogens (tertiary/aromatic N) is 2. The van der Waals surface area contributed by atoms with Crippen LogP contribution >= 0.6 is 0 Å². The smallest absolute Gasteiger partial charge is 0.335 e. The maximum atomic E-state index is 12.6. The zero-order valence-corrected chi connectivity index (χ0v) is 18.6. The Hall–Kier alpha value is -3.20. The molecule has 4 N–H and O–H groups in total. The third kappa shape index (κ3) is 4.01. The molecular weight excluding hydrogens is 422 g/mol. The molecule has 4 fully saturated rings. The van der Waals surface area contributed by atoms with Gasteiger partial charge in [-0.1, -0.05) is 30.3 Å². The zero-order valence-electron chi connectivity index (χ0n) is 18.6. The molecule has 6 rings (SSSR count). The van der Waals surface area contributed by atoms with E-state index >= 15 is 0 Å². The van der Waals surface area contributed by atoms with Gasteiger partial charge in [-0.25, -0.2) is 4.98 Å². The summed E-state index contributed by atoms with van der Waals surface area (Å²) < 4.78 is 0. The highest BCUT2D eigenvalue weighted by Crippen LogP contribution is 2.56. The van der Waals surface area contributed by atoms with Gasteiger partial charge in [-0.3, -0.25) is 14.9 Å². The predicted molar refractivity (Wildman–Crippen MR) is 124 cm³/mol. The van der Waals surface area contributed by atoms with Crippen LogP contribution in [0, 0.1) is 27.9 Å². The molecule has 1 aromatic heterocycles. The van der Waals surface area contributed by atoms with Crippen molar-refractivity contribution in [1.82, 2.24) is 10.3 Å². The van der Waals surface area contributed by atoms with Gasteiger partial charge < -0.3 is 21.1 Å². The van der Waals surface area contributed by atoms with Crippen molar-refractivity contribution in [2.75, 3.05) is 17.7 Å². The summed E-state index contributed by atoms with van der Waals surface area (Å²) in [7, 11) is 1.50. The van der Waals surface area contributed by atoms with Gasteiger partial charge in [-0.15, -0.1) is 0 Å². The number of carbonyl (C=O) groups excluding carboxylic acids is 1. The average molecular weight is 452 g/mol. The maximum Gasteiger partial charge on any atom is 0.335 e. The molecule has 1 aromatic carbocycles. The van der Waals surface area contributed by atoms with E-state index in [1.165, 1.54) is 13.2 Å². The molecule has 174 valence electrons. The van der Waals surface area contributed by atoms with Crippen LogP contribution in [-0.4, -0.2) is 39.6 Å². The van der Waals surface area contributed by atoms with Crippen molar-refractivity contribution in [1.29, 1.82) is 0 Å². The van der Waals surface area contributed by atoms with E-state index < -0.39 is 16.4 Å². The van der Waals surface area contributed by atoms with E-state index in [1.807, 2.05) is 30.3 Å². The Morgan fingerprint density at radius 1 is 1.21 bits per heavy atom. The maximum absolute atomic E-state index is 12.6. The van der Waals surface area contributed by atoms with Crippen LogP contribution in [0.3, 0.4) is 0 Å². The van der Waals surface area contributed by atoms with E-state index in [1.54, 1.807) is 0 Å². The highest BCUT2D eigenvalue weighted by atomic mass is 16.6. The molecule has 1 amide bonds. The van der Waals surface area contributed by atoms with Crippen molar-refractivity contribution in [3.63, 3.8) is 0 Å². The minimum absolute atomic E-state index is 0.0201. The summed E-state index contributed by atoms with van der Waals surface area (Å²) in [5.41, 5.74) is 0.494. The number of aliphatic hydroxyl groups is 1. The second-order valence-electron chi connectivity index (χ2n) is 9.78. The standard InChI is InChI=1S/C24H29N5O4/c1-25-23(30)18-13-27-22(26-12-14-5-3-2-4-6-14)21(29(32)33)20(18)28-19-16-7-15-8-17(19)11-24(31,9-15)10-16/h2-6,13,15-17,19,31H,7-12H2,1H3,(H,25,30)(H2,26,27,28)/t15?,16-,17+,19+,24-. The van der Waals surface area contributed by atoms with Crippen LogP contribution in [0.2, 0.25) is 0 Å². The summed E-state index contributed by atoms with van der Waals surface area (Å²) >= 11 is 0. The fourth-order valence-electron chi connectivity index (χ4n) is 6.43. The van der Waals surface area contributed by atoms with Gasteiger partial charge in [0, 0.05) is 25.8 Å². The van der Waals surface area contributed by atoms with Crippen LogP contribution in [-0.2, 0) is 6.54 Å². The van der Waals surface area contributed by atoms with Crippen LogP contribution < -0.4 is 16.0 Å². The minimum atomic E-state index is -0.606. The summed E-state index contributed by atoms with van der Waals surface area (Å²) in [5, 5.41) is 32.2. The van der Waals surface area contributed by atoms with Crippen molar-refractivity contribution < 1.29 is 14.8 Å². The number of nitro groups is 1. The van der Waals surface area contributed by atoms with Crippen molar-refractivity contribution in [2.45, 2.75) is 50.3 Å². The molecule has 0 saturated heterocycles. The Bertz CT molecular complexity index is 1060. The molecule has 4 saturated carbocycles. The molecule has 5 atom stereocenters. The number of hydrogen-bond acceptors (Lipinski definition) is 7. The summed E-state index contributed by atoms with van der Waals surface area (Å²) in [4.78, 5) is 28.6. The number of nitrogens with one attached hydrogen (secondary N) is 3. The Labute approximate surface area is 192 Å². The van der Waals surface area contributed by atoms with Crippen molar-refractivity contribution in [2.24, 2.45) is 17.8 Å². The first-order valence-electron chi connectivity index (χ1n) is 11.5. The van der Waals surface area contributed by atoms with E-state index in [-0.39, 0.29) is 40.6 Å². The monoisotopic (exact) mass is 451 g/mol. The Kier molecular flexibility index (Phi) is 5.44. The highest BCUT2D eigenvalue weighted by molar-refractivity contribution is 6.02. The minimum Gasteiger partial charge on any atom is -0.390 e. The number of aromatic nitrogens is 1. The lowest BCUT2D eigenvalue weighted by Gasteiger charge is -2.58. The van der Waals surface area contributed by atoms with E-state index in [0.717, 1.165) is 24.8 Å². The fraction of sp³-hybridized carbons (Fsp3) is 0.500.